The van der Waals surface area contributed by atoms with E-state index in [1.54, 1.807) is 11.8 Å². The molecule has 3 rings (SSSR count). The van der Waals surface area contributed by atoms with Crippen molar-refractivity contribution in [3.05, 3.63) is 46.8 Å². The van der Waals surface area contributed by atoms with Crippen LogP contribution in [0.2, 0.25) is 0 Å². The summed E-state index contributed by atoms with van der Waals surface area (Å²) >= 11 is 1.79. The van der Waals surface area contributed by atoms with Crippen molar-refractivity contribution in [3.8, 4) is 5.69 Å². The van der Waals surface area contributed by atoms with Gasteiger partial charge in [0, 0.05) is 11.3 Å². The van der Waals surface area contributed by atoms with Gasteiger partial charge in [0.1, 0.15) is 5.82 Å². The number of H-pyrrole nitrogens is 1. The molecule has 6 heteroatoms. The number of para-hydroxylation sites is 1. The first-order valence-electron chi connectivity index (χ1n) is 9.01. The maximum atomic E-state index is 12.6. The summed E-state index contributed by atoms with van der Waals surface area (Å²) in [6, 6.07) is 10.8. The van der Waals surface area contributed by atoms with Crippen molar-refractivity contribution in [1.82, 2.24) is 9.78 Å². The Morgan fingerprint density at radius 1 is 1.28 bits per heavy atom. The zero-order chi connectivity index (χ0) is 17.6. The maximum Gasteiger partial charge on any atom is 0.273 e. The molecule has 25 heavy (non-hydrogen) atoms. The van der Waals surface area contributed by atoms with Crippen LogP contribution in [0.25, 0.3) is 5.69 Å². The minimum absolute atomic E-state index is 0.0282. The van der Waals surface area contributed by atoms with E-state index in [2.05, 4.69) is 10.4 Å². The smallest absolute Gasteiger partial charge is 0.273 e. The van der Waals surface area contributed by atoms with Gasteiger partial charge in [-0.2, -0.15) is 0 Å². The van der Waals surface area contributed by atoms with Gasteiger partial charge in [-0.15, -0.1) is 11.8 Å². The molecule has 0 spiro atoms. The Kier molecular flexibility index (Phi) is 6.02. The first-order chi connectivity index (χ1) is 12.2. The Hall–Kier alpha value is -1.95. The lowest BCUT2D eigenvalue weighted by Crippen LogP contribution is -2.27. The number of carbonyl (C=O) groups excluding carboxylic acids is 1. The lowest BCUT2D eigenvalue weighted by molar-refractivity contribution is -0.115. The lowest BCUT2D eigenvalue weighted by Gasteiger charge is -2.25. The molecular formula is C19H25N3O2S. The third-order valence-electron chi connectivity index (χ3n) is 4.56. The van der Waals surface area contributed by atoms with E-state index < -0.39 is 0 Å². The normalized spacial score (nSPS) is 16.5. The summed E-state index contributed by atoms with van der Waals surface area (Å²) in [6.07, 6.45) is 7.04. The lowest BCUT2D eigenvalue weighted by atomic mass is 10.0. The number of thioether (sulfide) groups is 1. The maximum absolute atomic E-state index is 12.6. The Labute approximate surface area is 152 Å². The Morgan fingerprint density at radius 2 is 2.00 bits per heavy atom. The van der Waals surface area contributed by atoms with Crippen LogP contribution in [-0.4, -0.2) is 26.2 Å². The van der Waals surface area contributed by atoms with Crippen LogP contribution in [-0.2, 0) is 4.79 Å². The highest BCUT2D eigenvalue weighted by molar-refractivity contribution is 8.01. The van der Waals surface area contributed by atoms with Gasteiger partial charge < -0.3 is 5.32 Å². The zero-order valence-corrected chi connectivity index (χ0v) is 15.3. The van der Waals surface area contributed by atoms with Crippen LogP contribution in [0.3, 0.4) is 0 Å². The summed E-state index contributed by atoms with van der Waals surface area (Å²) < 4.78 is 1.44. The first kappa shape index (κ1) is 17.9. The summed E-state index contributed by atoms with van der Waals surface area (Å²) in [5.74, 6) is 0.418. The molecular weight excluding hydrogens is 334 g/mol. The van der Waals surface area contributed by atoms with Gasteiger partial charge in [0.2, 0.25) is 5.91 Å². The Morgan fingerprint density at radius 3 is 2.68 bits per heavy atom. The molecule has 1 aromatic carbocycles. The number of carbonyl (C=O) groups is 1. The van der Waals surface area contributed by atoms with E-state index in [1.165, 1.54) is 42.9 Å². The summed E-state index contributed by atoms with van der Waals surface area (Å²) in [4.78, 5) is 24.8. The fourth-order valence-electron chi connectivity index (χ4n) is 3.22. The minimum atomic E-state index is -0.186. The number of hydrogen-bond donors (Lipinski definition) is 2. The molecule has 1 aromatic heterocycles. The molecule has 1 saturated carbocycles. The van der Waals surface area contributed by atoms with Crippen molar-refractivity contribution in [3.63, 3.8) is 0 Å². The summed E-state index contributed by atoms with van der Waals surface area (Å²) in [7, 11) is 0. The SMILES string of the molecule is CCC(SC1CCCCC1)C(=O)Nc1cc(=O)n(-c2ccccc2)[nH]1. The average molecular weight is 359 g/mol. The summed E-state index contributed by atoms with van der Waals surface area (Å²) in [5, 5.41) is 6.36. The predicted molar refractivity (Wildman–Crippen MR) is 104 cm³/mol. The van der Waals surface area contributed by atoms with Gasteiger partial charge in [-0.3, -0.25) is 14.7 Å². The molecule has 0 radical (unpaired) electrons. The molecule has 1 unspecified atom stereocenters. The standard InChI is InChI=1S/C19H25N3O2S/c1-2-16(25-15-11-7-4-8-12-15)19(24)20-17-13-18(23)22(21-17)14-9-5-3-6-10-14/h3,5-6,9-10,13,15-16,21H,2,4,7-8,11-12H2,1H3,(H,20,24). The number of rotatable bonds is 6. The second kappa shape index (κ2) is 8.43. The second-order valence-electron chi connectivity index (χ2n) is 6.46. The molecule has 1 amide bonds. The molecule has 0 bridgehead atoms. The highest BCUT2D eigenvalue weighted by atomic mass is 32.2. The average Bonchev–Trinajstić information content (AvgIpc) is 3.01. The number of nitrogens with one attached hydrogen (secondary N) is 2. The predicted octanol–water partition coefficient (Wildman–Crippen LogP) is 3.95. The number of aromatic nitrogens is 2. The van der Waals surface area contributed by atoms with Crippen molar-refractivity contribution >= 4 is 23.5 Å². The number of benzene rings is 1. The molecule has 5 nitrogen and oxygen atoms in total. The third kappa shape index (κ3) is 4.57. The van der Waals surface area contributed by atoms with Gasteiger partial charge in [0.25, 0.3) is 5.56 Å². The van der Waals surface area contributed by atoms with E-state index >= 15 is 0 Å². The van der Waals surface area contributed by atoms with Crippen molar-refractivity contribution < 1.29 is 4.79 Å². The quantitative estimate of drug-likeness (QED) is 0.821. The van der Waals surface area contributed by atoms with E-state index in [0.29, 0.717) is 11.1 Å². The van der Waals surface area contributed by atoms with Crippen molar-refractivity contribution in [2.45, 2.75) is 55.9 Å². The van der Waals surface area contributed by atoms with Gasteiger partial charge >= 0.3 is 0 Å². The van der Waals surface area contributed by atoms with Crippen LogP contribution in [0.4, 0.5) is 5.82 Å². The molecule has 0 aliphatic heterocycles. The number of amides is 1. The van der Waals surface area contributed by atoms with E-state index in [9.17, 15) is 9.59 Å². The Bertz CT molecular complexity index is 748. The monoisotopic (exact) mass is 359 g/mol. The van der Waals surface area contributed by atoms with E-state index in [0.717, 1.165) is 12.1 Å². The molecule has 1 fully saturated rings. The van der Waals surface area contributed by atoms with E-state index in [4.69, 9.17) is 0 Å². The van der Waals surface area contributed by atoms with Crippen LogP contribution >= 0.6 is 11.8 Å². The van der Waals surface area contributed by atoms with Crippen molar-refractivity contribution in [2.75, 3.05) is 5.32 Å². The third-order valence-corrected chi connectivity index (χ3v) is 6.30. The zero-order valence-electron chi connectivity index (χ0n) is 14.5. The molecule has 0 saturated heterocycles. The van der Waals surface area contributed by atoms with Crippen LogP contribution in [0, 0.1) is 0 Å². The molecule has 134 valence electrons. The number of anilines is 1. The highest BCUT2D eigenvalue weighted by Crippen LogP contribution is 2.32. The van der Waals surface area contributed by atoms with Gasteiger partial charge in [-0.25, -0.2) is 4.68 Å². The van der Waals surface area contributed by atoms with Crippen LogP contribution < -0.4 is 10.9 Å². The van der Waals surface area contributed by atoms with E-state index in [-0.39, 0.29) is 16.7 Å². The summed E-state index contributed by atoms with van der Waals surface area (Å²) in [6.45, 7) is 2.04. The topological polar surface area (TPSA) is 66.9 Å². The second-order valence-corrected chi connectivity index (χ2v) is 7.97. The molecule has 1 atom stereocenters. The van der Waals surface area contributed by atoms with Gasteiger partial charge in [0.15, 0.2) is 0 Å². The van der Waals surface area contributed by atoms with Gasteiger partial charge in [-0.05, 0) is 31.4 Å². The van der Waals surface area contributed by atoms with Gasteiger partial charge in [0.05, 0.1) is 10.9 Å². The minimum Gasteiger partial charge on any atom is -0.310 e. The van der Waals surface area contributed by atoms with Crippen molar-refractivity contribution in [1.29, 1.82) is 0 Å². The summed E-state index contributed by atoms with van der Waals surface area (Å²) in [5.41, 5.74) is 0.561. The van der Waals surface area contributed by atoms with Crippen molar-refractivity contribution in [2.24, 2.45) is 0 Å². The Balaban J connectivity index is 1.66. The molecule has 1 aliphatic rings. The number of aromatic amines is 1. The fraction of sp³-hybridized carbons (Fsp3) is 0.474. The molecule has 1 heterocycles. The molecule has 2 N–H and O–H groups in total. The van der Waals surface area contributed by atoms with Crippen LogP contribution in [0.15, 0.2) is 41.2 Å². The first-order valence-corrected chi connectivity index (χ1v) is 9.95. The number of hydrogen-bond acceptors (Lipinski definition) is 3. The number of nitrogens with zero attached hydrogens (tertiary/aromatic N) is 1. The van der Waals surface area contributed by atoms with Crippen LogP contribution in [0.1, 0.15) is 45.4 Å². The fourth-order valence-corrected chi connectivity index (χ4v) is 4.66. The van der Waals surface area contributed by atoms with Gasteiger partial charge in [-0.1, -0.05) is 44.4 Å². The van der Waals surface area contributed by atoms with E-state index in [1.807, 2.05) is 37.3 Å². The molecule has 1 aliphatic carbocycles. The largest absolute Gasteiger partial charge is 0.310 e. The molecule has 2 aromatic rings. The highest BCUT2D eigenvalue weighted by Gasteiger charge is 2.24. The van der Waals surface area contributed by atoms with Crippen LogP contribution in [0.5, 0.6) is 0 Å².